The summed E-state index contributed by atoms with van der Waals surface area (Å²) < 4.78 is 6.35. The van der Waals surface area contributed by atoms with E-state index in [2.05, 4.69) is 32.1 Å². The van der Waals surface area contributed by atoms with E-state index in [1.165, 1.54) is 6.08 Å². The predicted octanol–water partition coefficient (Wildman–Crippen LogP) is 4.02. The Morgan fingerprint density at radius 2 is 1.77 bits per heavy atom. The first-order valence-corrected chi connectivity index (χ1v) is 10.6. The molecule has 0 aromatic heterocycles. The first-order chi connectivity index (χ1) is 14.9. The molecule has 0 aliphatic carbocycles. The number of hydrazine groups is 1. The molecule has 2 amide bonds. The minimum absolute atomic E-state index is 0.0289. The highest BCUT2D eigenvalue weighted by atomic mass is 79.9. The maximum Gasteiger partial charge on any atom is 0.276 e. The van der Waals surface area contributed by atoms with E-state index in [-0.39, 0.29) is 11.7 Å². The maximum atomic E-state index is 12.0. The molecule has 6 nitrogen and oxygen atoms in total. The van der Waals surface area contributed by atoms with Crippen LogP contribution in [0.15, 0.2) is 71.2 Å². The molecular weight excluding hydrogens is 478 g/mol. The van der Waals surface area contributed by atoms with Gasteiger partial charge in [0.15, 0.2) is 11.7 Å². The summed E-state index contributed by atoms with van der Waals surface area (Å²) in [6.45, 7) is 1.76. The molecule has 0 saturated carbocycles. The Kier molecular flexibility index (Phi) is 7.75. The standard InChI is InChI=1S/C23H20BrN3O3S/c1-15-6-8-16(9-7-15)10-13-20(28)25-23(31)27-26-21(29)14-30-19-12-11-17-4-2-3-5-18(17)22(19)24/h2-13H,14H2,1H3,(H,26,29)(H2,25,27,28,31)/b13-10+. The van der Waals surface area contributed by atoms with E-state index in [1.54, 1.807) is 12.1 Å². The van der Waals surface area contributed by atoms with Crippen LogP contribution in [0.1, 0.15) is 11.1 Å². The van der Waals surface area contributed by atoms with Crippen molar-refractivity contribution >= 4 is 61.9 Å². The number of hydrogen-bond acceptors (Lipinski definition) is 4. The number of carbonyl (C=O) groups excluding carboxylic acids is 2. The van der Waals surface area contributed by atoms with Crippen LogP contribution < -0.4 is 20.9 Å². The fourth-order valence-corrected chi connectivity index (χ4v) is 3.42. The van der Waals surface area contributed by atoms with Crippen LogP contribution in [0.4, 0.5) is 0 Å². The van der Waals surface area contributed by atoms with Gasteiger partial charge in [-0.25, -0.2) is 0 Å². The molecule has 3 aromatic carbocycles. The summed E-state index contributed by atoms with van der Waals surface area (Å²) in [5.74, 6) is -0.318. The number of fused-ring (bicyclic) bond motifs is 1. The molecule has 0 bridgehead atoms. The summed E-state index contributed by atoms with van der Waals surface area (Å²) in [5, 5.41) is 4.47. The molecule has 0 unspecified atom stereocenters. The van der Waals surface area contributed by atoms with Gasteiger partial charge >= 0.3 is 0 Å². The number of rotatable bonds is 5. The van der Waals surface area contributed by atoms with Crippen LogP contribution in [-0.4, -0.2) is 23.5 Å². The molecule has 3 N–H and O–H groups in total. The highest BCUT2D eigenvalue weighted by Crippen LogP contribution is 2.32. The molecule has 0 fully saturated rings. The van der Waals surface area contributed by atoms with Gasteiger partial charge in [0.25, 0.3) is 5.91 Å². The molecule has 0 aliphatic rings. The lowest BCUT2D eigenvalue weighted by Crippen LogP contribution is -2.49. The number of hydrogen-bond donors (Lipinski definition) is 3. The van der Waals surface area contributed by atoms with Gasteiger partial charge in [0, 0.05) is 6.08 Å². The van der Waals surface area contributed by atoms with Crippen molar-refractivity contribution in [2.75, 3.05) is 6.61 Å². The number of amides is 2. The van der Waals surface area contributed by atoms with Crippen LogP contribution in [0.5, 0.6) is 5.75 Å². The molecule has 0 radical (unpaired) electrons. The van der Waals surface area contributed by atoms with Crippen molar-refractivity contribution in [3.8, 4) is 5.75 Å². The van der Waals surface area contributed by atoms with Gasteiger partial charge in [-0.1, -0.05) is 60.2 Å². The van der Waals surface area contributed by atoms with Crippen LogP contribution in [0.25, 0.3) is 16.8 Å². The van der Waals surface area contributed by atoms with E-state index in [4.69, 9.17) is 17.0 Å². The largest absolute Gasteiger partial charge is 0.483 e. The van der Waals surface area contributed by atoms with Crippen molar-refractivity contribution in [1.29, 1.82) is 0 Å². The second-order valence-electron chi connectivity index (χ2n) is 6.62. The number of benzene rings is 3. The Morgan fingerprint density at radius 1 is 1.03 bits per heavy atom. The van der Waals surface area contributed by atoms with Crippen molar-refractivity contribution < 1.29 is 14.3 Å². The summed E-state index contributed by atoms with van der Waals surface area (Å²) in [4.78, 5) is 23.9. The first-order valence-electron chi connectivity index (χ1n) is 9.37. The number of thiocarbonyl (C=S) groups is 1. The number of ether oxygens (including phenoxy) is 1. The van der Waals surface area contributed by atoms with Crippen LogP contribution in [-0.2, 0) is 9.59 Å². The third kappa shape index (κ3) is 6.63. The zero-order valence-corrected chi connectivity index (χ0v) is 19.0. The molecule has 0 aliphatic heterocycles. The minimum Gasteiger partial charge on any atom is -0.483 e. The molecular formula is C23H20BrN3O3S. The van der Waals surface area contributed by atoms with E-state index in [0.717, 1.165) is 26.4 Å². The van der Waals surface area contributed by atoms with Gasteiger partial charge in [-0.3, -0.25) is 25.8 Å². The van der Waals surface area contributed by atoms with Gasteiger partial charge in [-0.05, 0) is 63.5 Å². The molecule has 0 saturated heterocycles. The minimum atomic E-state index is -0.452. The summed E-state index contributed by atoms with van der Waals surface area (Å²) in [6, 6.07) is 19.3. The summed E-state index contributed by atoms with van der Waals surface area (Å²) >= 11 is 8.52. The summed E-state index contributed by atoms with van der Waals surface area (Å²) in [7, 11) is 0. The van der Waals surface area contributed by atoms with Gasteiger partial charge in [0.1, 0.15) is 5.75 Å². The predicted molar refractivity (Wildman–Crippen MR) is 129 cm³/mol. The van der Waals surface area contributed by atoms with E-state index >= 15 is 0 Å². The van der Waals surface area contributed by atoms with Crippen molar-refractivity contribution in [2.24, 2.45) is 0 Å². The average molecular weight is 498 g/mol. The van der Waals surface area contributed by atoms with Gasteiger partial charge in [-0.15, -0.1) is 0 Å². The Labute approximate surface area is 193 Å². The lowest BCUT2D eigenvalue weighted by Gasteiger charge is -2.12. The molecule has 31 heavy (non-hydrogen) atoms. The van der Waals surface area contributed by atoms with Crippen molar-refractivity contribution in [2.45, 2.75) is 6.92 Å². The fourth-order valence-electron chi connectivity index (χ4n) is 2.67. The van der Waals surface area contributed by atoms with Gasteiger partial charge in [-0.2, -0.15) is 0 Å². The molecule has 8 heteroatoms. The SMILES string of the molecule is Cc1ccc(/C=C/C(=O)NC(=S)NNC(=O)COc2ccc3ccccc3c2Br)cc1. The van der Waals surface area contributed by atoms with E-state index < -0.39 is 11.8 Å². The van der Waals surface area contributed by atoms with Gasteiger partial charge in [0.05, 0.1) is 4.47 Å². The lowest BCUT2D eigenvalue weighted by atomic mass is 10.1. The number of carbonyl (C=O) groups is 2. The Morgan fingerprint density at radius 3 is 2.55 bits per heavy atom. The summed E-state index contributed by atoms with van der Waals surface area (Å²) in [6.07, 6.45) is 3.03. The zero-order valence-electron chi connectivity index (χ0n) is 16.6. The Balaban J connectivity index is 1.43. The molecule has 0 atom stereocenters. The smallest absolute Gasteiger partial charge is 0.276 e. The van der Waals surface area contributed by atoms with Crippen molar-refractivity contribution in [3.63, 3.8) is 0 Å². The van der Waals surface area contributed by atoms with Crippen molar-refractivity contribution in [1.82, 2.24) is 16.2 Å². The Bertz CT molecular complexity index is 1150. The highest BCUT2D eigenvalue weighted by molar-refractivity contribution is 9.10. The van der Waals surface area contributed by atoms with Crippen LogP contribution >= 0.6 is 28.1 Å². The van der Waals surface area contributed by atoms with Gasteiger partial charge in [0.2, 0.25) is 5.91 Å². The second-order valence-corrected chi connectivity index (χ2v) is 7.82. The molecule has 158 valence electrons. The molecule has 0 spiro atoms. The number of nitrogens with one attached hydrogen (secondary N) is 3. The zero-order chi connectivity index (χ0) is 22.2. The normalized spacial score (nSPS) is 10.6. The average Bonchev–Trinajstić information content (AvgIpc) is 2.77. The van der Waals surface area contributed by atoms with Crippen LogP contribution in [0, 0.1) is 6.92 Å². The van der Waals surface area contributed by atoms with Gasteiger partial charge < -0.3 is 4.74 Å². The fraction of sp³-hybridized carbons (Fsp3) is 0.0870. The first kappa shape index (κ1) is 22.5. The quantitative estimate of drug-likeness (QED) is 0.281. The monoisotopic (exact) mass is 497 g/mol. The maximum absolute atomic E-state index is 12.0. The lowest BCUT2D eigenvalue weighted by molar-refractivity contribution is -0.123. The number of aryl methyl sites for hydroxylation is 1. The van der Waals surface area contributed by atoms with Crippen LogP contribution in [0.2, 0.25) is 0 Å². The summed E-state index contributed by atoms with van der Waals surface area (Å²) in [5.41, 5.74) is 6.89. The highest BCUT2D eigenvalue weighted by Gasteiger charge is 2.09. The van der Waals surface area contributed by atoms with Crippen molar-refractivity contribution in [3.05, 3.63) is 82.3 Å². The number of halogens is 1. The third-order valence-electron chi connectivity index (χ3n) is 4.24. The molecule has 3 aromatic rings. The topological polar surface area (TPSA) is 79.5 Å². The third-order valence-corrected chi connectivity index (χ3v) is 5.27. The molecule has 3 rings (SSSR count). The van der Waals surface area contributed by atoms with Crippen LogP contribution in [0.3, 0.4) is 0 Å². The van der Waals surface area contributed by atoms with E-state index in [0.29, 0.717) is 5.75 Å². The van der Waals surface area contributed by atoms with E-state index in [9.17, 15) is 9.59 Å². The van der Waals surface area contributed by atoms with E-state index in [1.807, 2.05) is 61.5 Å². The second kappa shape index (κ2) is 10.7. The Hall–Kier alpha value is -3.23. The molecule has 0 heterocycles.